The molecule has 2 rings (SSSR count). The molecular formula is C8H7Cl2N3OS. The SMILES string of the molecule is OC(Cn1ccnc1)c1snc(Cl)c1Cl. The molecule has 0 fully saturated rings. The number of hydrogen-bond acceptors (Lipinski definition) is 4. The third-order valence-electron chi connectivity index (χ3n) is 1.87. The van der Waals surface area contributed by atoms with E-state index in [0.29, 0.717) is 16.4 Å². The van der Waals surface area contributed by atoms with Gasteiger partial charge in [0.25, 0.3) is 0 Å². The van der Waals surface area contributed by atoms with Crippen LogP contribution in [0, 0.1) is 0 Å². The molecule has 1 atom stereocenters. The summed E-state index contributed by atoms with van der Waals surface area (Å²) in [6.07, 6.45) is 4.32. The van der Waals surface area contributed by atoms with Crippen molar-refractivity contribution in [3.8, 4) is 0 Å². The Bertz CT molecular complexity index is 443. The van der Waals surface area contributed by atoms with Crippen molar-refractivity contribution >= 4 is 34.7 Å². The van der Waals surface area contributed by atoms with Crippen LogP contribution in [-0.2, 0) is 6.54 Å². The number of nitrogens with zero attached hydrogens (tertiary/aromatic N) is 3. The number of halogens is 2. The van der Waals surface area contributed by atoms with Crippen molar-refractivity contribution in [3.63, 3.8) is 0 Å². The maximum Gasteiger partial charge on any atom is 0.161 e. The van der Waals surface area contributed by atoms with Crippen LogP contribution in [0.5, 0.6) is 0 Å². The zero-order chi connectivity index (χ0) is 10.8. The topological polar surface area (TPSA) is 50.9 Å². The Kier molecular flexibility index (Phi) is 3.25. The van der Waals surface area contributed by atoms with Crippen molar-refractivity contribution in [2.45, 2.75) is 12.6 Å². The standard InChI is InChI=1S/C8H7Cl2N3OS/c9-6-7(15-12-8(6)10)5(14)3-13-2-1-11-4-13/h1-2,4-5,14H,3H2. The average molecular weight is 264 g/mol. The zero-order valence-corrected chi connectivity index (χ0v) is 9.80. The minimum absolute atomic E-state index is 0.237. The predicted octanol–water partition coefficient (Wildman–Crippen LogP) is 2.38. The molecule has 2 aromatic heterocycles. The van der Waals surface area contributed by atoms with Crippen LogP contribution < -0.4 is 0 Å². The monoisotopic (exact) mass is 263 g/mol. The van der Waals surface area contributed by atoms with E-state index >= 15 is 0 Å². The second-order valence-electron chi connectivity index (χ2n) is 2.93. The lowest BCUT2D eigenvalue weighted by atomic mass is 10.3. The molecule has 0 bridgehead atoms. The fourth-order valence-corrected chi connectivity index (χ4v) is 2.38. The summed E-state index contributed by atoms with van der Waals surface area (Å²) in [6, 6.07) is 0. The maximum atomic E-state index is 9.87. The molecule has 2 aromatic rings. The summed E-state index contributed by atoms with van der Waals surface area (Å²) in [5.74, 6) is 0. The lowest BCUT2D eigenvalue weighted by molar-refractivity contribution is 0.160. The van der Waals surface area contributed by atoms with Crippen molar-refractivity contribution in [1.29, 1.82) is 0 Å². The molecule has 0 spiro atoms. The fourth-order valence-electron chi connectivity index (χ4n) is 1.16. The molecule has 0 radical (unpaired) electrons. The molecule has 15 heavy (non-hydrogen) atoms. The molecule has 0 saturated heterocycles. The van der Waals surface area contributed by atoms with E-state index in [2.05, 4.69) is 9.36 Å². The minimum Gasteiger partial charge on any atom is -0.386 e. The van der Waals surface area contributed by atoms with Gasteiger partial charge in [0, 0.05) is 12.4 Å². The number of aliphatic hydroxyl groups excluding tert-OH is 1. The van der Waals surface area contributed by atoms with E-state index in [0.717, 1.165) is 11.5 Å². The molecule has 1 N–H and O–H groups in total. The molecule has 2 heterocycles. The quantitative estimate of drug-likeness (QED) is 0.925. The van der Waals surface area contributed by atoms with Gasteiger partial charge >= 0.3 is 0 Å². The van der Waals surface area contributed by atoms with Crippen LogP contribution in [0.25, 0.3) is 0 Å². The smallest absolute Gasteiger partial charge is 0.161 e. The lowest BCUT2D eigenvalue weighted by Gasteiger charge is -2.08. The summed E-state index contributed by atoms with van der Waals surface area (Å²) in [5.41, 5.74) is 0. The molecule has 7 heteroatoms. The van der Waals surface area contributed by atoms with E-state index in [9.17, 15) is 5.11 Å². The van der Waals surface area contributed by atoms with E-state index in [1.165, 1.54) is 0 Å². The van der Waals surface area contributed by atoms with Crippen LogP contribution >= 0.6 is 34.7 Å². The Morgan fingerprint density at radius 3 is 2.87 bits per heavy atom. The van der Waals surface area contributed by atoms with Gasteiger partial charge in [-0.1, -0.05) is 23.2 Å². The van der Waals surface area contributed by atoms with Gasteiger partial charge in [0.1, 0.15) is 6.10 Å². The van der Waals surface area contributed by atoms with Gasteiger partial charge < -0.3 is 9.67 Å². The molecule has 0 aliphatic rings. The van der Waals surface area contributed by atoms with Crippen LogP contribution in [0.1, 0.15) is 11.0 Å². The van der Waals surface area contributed by atoms with Gasteiger partial charge in [0.15, 0.2) is 5.15 Å². The van der Waals surface area contributed by atoms with Crippen LogP contribution in [-0.4, -0.2) is 19.0 Å². The van der Waals surface area contributed by atoms with E-state index in [1.54, 1.807) is 23.3 Å². The first-order chi connectivity index (χ1) is 7.18. The molecule has 0 saturated carbocycles. The number of aromatic nitrogens is 3. The van der Waals surface area contributed by atoms with Gasteiger partial charge in [-0.3, -0.25) is 0 Å². The first kappa shape index (κ1) is 10.9. The normalized spacial score (nSPS) is 13.0. The third kappa shape index (κ3) is 2.31. The van der Waals surface area contributed by atoms with E-state index < -0.39 is 6.10 Å². The number of rotatable bonds is 3. The molecule has 0 aromatic carbocycles. The molecule has 4 nitrogen and oxygen atoms in total. The van der Waals surface area contributed by atoms with E-state index in [-0.39, 0.29) is 5.15 Å². The summed E-state index contributed by atoms with van der Waals surface area (Å²) < 4.78 is 5.62. The number of hydrogen-bond donors (Lipinski definition) is 1. The number of aliphatic hydroxyl groups is 1. The van der Waals surface area contributed by atoms with E-state index in [1.807, 2.05) is 0 Å². The van der Waals surface area contributed by atoms with Gasteiger partial charge in [-0.05, 0) is 11.5 Å². The van der Waals surface area contributed by atoms with Crippen LogP contribution in [0.3, 0.4) is 0 Å². The third-order valence-corrected chi connectivity index (χ3v) is 3.78. The van der Waals surface area contributed by atoms with Gasteiger partial charge in [0.2, 0.25) is 0 Å². The van der Waals surface area contributed by atoms with Gasteiger partial charge in [0.05, 0.1) is 22.8 Å². The van der Waals surface area contributed by atoms with Crippen molar-refractivity contribution < 1.29 is 5.11 Å². The summed E-state index contributed by atoms with van der Waals surface area (Å²) in [5, 5.41) is 10.4. The minimum atomic E-state index is -0.711. The van der Waals surface area contributed by atoms with Crippen LogP contribution in [0.2, 0.25) is 10.2 Å². The van der Waals surface area contributed by atoms with Crippen molar-refractivity contribution in [3.05, 3.63) is 33.8 Å². The summed E-state index contributed by atoms with van der Waals surface area (Å²) >= 11 is 12.7. The van der Waals surface area contributed by atoms with Crippen molar-refractivity contribution in [2.24, 2.45) is 0 Å². The Hall–Kier alpha value is -0.620. The molecule has 0 aliphatic carbocycles. The Balaban J connectivity index is 2.14. The first-order valence-electron chi connectivity index (χ1n) is 4.13. The molecule has 1 unspecified atom stereocenters. The second-order valence-corrected chi connectivity index (χ2v) is 4.47. The van der Waals surface area contributed by atoms with Gasteiger partial charge in [-0.25, -0.2) is 4.98 Å². The highest BCUT2D eigenvalue weighted by Crippen LogP contribution is 2.33. The van der Waals surface area contributed by atoms with Crippen LogP contribution in [0.15, 0.2) is 18.7 Å². The Morgan fingerprint density at radius 1 is 1.53 bits per heavy atom. The maximum absolute atomic E-state index is 9.87. The fraction of sp³-hybridized carbons (Fsp3) is 0.250. The second kappa shape index (κ2) is 4.49. The highest BCUT2D eigenvalue weighted by atomic mass is 35.5. The largest absolute Gasteiger partial charge is 0.386 e. The average Bonchev–Trinajstić information content (AvgIpc) is 2.79. The van der Waals surface area contributed by atoms with Gasteiger partial charge in [-0.2, -0.15) is 4.37 Å². The summed E-state index contributed by atoms with van der Waals surface area (Å²) in [7, 11) is 0. The molecule has 0 amide bonds. The van der Waals surface area contributed by atoms with Crippen LogP contribution in [0.4, 0.5) is 0 Å². The predicted molar refractivity (Wildman–Crippen MR) is 59.3 cm³/mol. The molecule has 0 aliphatic heterocycles. The summed E-state index contributed by atoms with van der Waals surface area (Å²) in [6.45, 7) is 0.387. The Morgan fingerprint density at radius 2 is 2.33 bits per heavy atom. The van der Waals surface area contributed by atoms with E-state index in [4.69, 9.17) is 23.2 Å². The Labute approximate surface area is 100 Å². The number of imidazole rings is 1. The van der Waals surface area contributed by atoms with Gasteiger partial charge in [-0.15, -0.1) is 0 Å². The molecular weight excluding hydrogens is 257 g/mol. The zero-order valence-electron chi connectivity index (χ0n) is 7.47. The van der Waals surface area contributed by atoms with Crippen molar-refractivity contribution in [1.82, 2.24) is 13.9 Å². The highest BCUT2D eigenvalue weighted by Gasteiger charge is 2.18. The molecule has 80 valence electrons. The summed E-state index contributed by atoms with van der Waals surface area (Å²) in [4.78, 5) is 4.46. The first-order valence-corrected chi connectivity index (χ1v) is 5.66. The highest BCUT2D eigenvalue weighted by molar-refractivity contribution is 7.07. The van der Waals surface area contributed by atoms with Crippen molar-refractivity contribution in [2.75, 3.05) is 0 Å². The lowest BCUT2D eigenvalue weighted by Crippen LogP contribution is -2.05.